The van der Waals surface area contributed by atoms with E-state index in [1.165, 1.54) is 11.0 Å². The zero-order chi connectivity index (χ0) is 12.3. The third-order valence-electron chi connectivity index (χ3n) is 2.20. The van der Waals surface area contributed by atoms with E-state index in [0.717, 1.165) is 16.8 Å². The van der Waals surface area contributed by atoms with E-state index in [9.17, 15) is 4.79 Å². The van der Waals surface area contributed by atoms with Gasteiger partial charge in [0.05, 0.1) is 0 Å². The summed E-state index contributed by atoms with van der Waals surface area (Å²) < 4.78 is 1.37. The molecular weight excluding hydrogens is 218 g/mol. The van der Waals surface area contributed by atoms with E-state index in [4.69, 9.17) is 0 Å². The Labute approximate surface area is 98.6 Å². The number of nitrogens with zero attached hydrogens (tertiary/aromatic N) is 4. The number of rotatable bonds is 3. The Hall–Kier alpha value is -2.24. The third-order valence-corrected chi connectivity index (χ3v) is 2.20. The van der Waals surface area contributed by atoms with Gasteiger partial charge in [0.2, 0.25) is 5.91 Å². The summed E-state index contributed by atoms with van der Waals surface area (Å²) in [4.78, 5) is 11.7. The van der Waals surface area contributed by atoms with Gasteiger partial charge in [-0.15, -0.1) is 5.10 Å². The number of aryl methyl sites for hydroxylation is 2. The van der Waals surface area contributed by atoms with Gasteiger partial charge in [-0.25, -0.2) is 4.68 Å². The molecule has 0 aliphatic carbocycles. The van der Waals surface area contributed by atoms with Crippen molar-refractivity contribution in [2.75, 3.05) is 5.32 Å². The predicted molar refractivity (Wildman–Crippen MR) is 62.4 cm³/mol. The number of hydrogen-bond donors (Lipinski definition) is 1. The Bertz CT molecular complexity index is 500. The molecule has 1 aromatic carbocycles. The van der Waals surface area contributed by atoms with Crippen LogP contribution in [0.2, 0.25) is 0 Å². The molecule has 88 valence electrons. The molecule has 0 saturated carbocycles. The first-order valence-electron chi connectivity index (χ1n) is 5.22. The van der Waals surface area contributed by atoms with Crippen LogP contribution in [-0.2, 0) is 11.3 Å². The first kappa shape index (κ1) is 11.3. The molecule has 6 nitrogen and oxygen atoms in total. The number of tetrazole rings is 1. The van der Waals surface area contributed by atoms with Gasteiger partial charge in [0, 0.05) is 5.69 Å². The molecule has 6 heteroatoms. The first-order chi connectivity index (χ1) is 8.13. The highest BCUT2D eigenvalue weighted by Gasteiger charge is 2.05. The van der Waals surface area contributed by atoms with E-state index >= 15 is 0 Å². The van der Waals surface area contributed by atoms with Crippen molar-refractivity contribution in [2.24, 2.45) is 0 Å². The van der Waals surface area contributed by atoms with Crippen molar-refractivity contribution in [3.63, 3.8) is 0 Å². The van der Waals surface area contributed by atoms with Crippen LogP contribution in [0.5, 0.6) is 0 Å². The summed E-state index contributed by atoms with van der Waals surface area (Å²) in [5, 5.41) is 13.4. The molecule has 1 aromatic heterocycles. The second kappa shape index (κ2) is 4.73. The van der Waals surface area contributed by atoms with Crippen LogP contribution in [0, 0.1) is 13.8 Å². The lowest BCUT2D eigenvalue weighted by molar-refractivity contribution is -0.116. The zero-order valence-electron chi connectivity index (χ0n) is 9.71. The SMILES string of the molecule is Cc1cc(C)cc(NC(=O)Cn2cnnn2)c1. The molecule has 1 amide bonds. The van der Waals surface area contributed by atoms with E-state index in [-0.39, 0.29) is 12.5 Å². The second-order valence-corrected chi connectivity index (χ2v) is 3.93. The standard InChI is InChI=1S/C11H13N5O/c1-8-3-9(2)5-10(4-8)13-11(17)6-16-7-12-14-15-16/h3-5,7H,6H2,1-2H3,(H,13,17). The molecule has 0 aliphatic heterocycles. The molecule has 1 heterocycles. The van der Waals surface area contributed by atoms with E-state index in [1.54, 1.807) is 0 Å². The number of anilines is 1. The minimum Gasteiger partial charge on any atom is -0.324 e. The Morgan fingerprint density at radius 1 is 1.29 bits per heavy atom. The lowest BCUT2D eigenvalue weighted by Crippen LogP contribution is -2.19. The summed E-state index contributed by atoms with van der Waals surface area (Å²) in [6, 6.07) is 5.89. The molecule has 0 spiro atoms. The number of nitrogens with one attached hydrogen (secondary N) is 1. The van der Waals surface area contributed by atoms with Crippen LogP contribution < -0.4 is 5.32 Å². The summed E-state index contributed by atoms with van der Waals surface area (Å²) >= 11 is 0. The summed E-state index contributed by atoms with van der Waals surface area (Å²) in [6.45, 7) is 4.09. The molecular formula is C11H13N5O. The molecule has 0 fully saturated rings. The zero-order valence-corrected chi connectivity index (χ0v) is 9.71. The minimum atomic E-state index is -0.151. The molecule has 17 heavy (non-hydrogen) atoms. The molecule has 0 radical (unpaired) electrons. The van der Waals surface area contributed by atoms with E-state index in [1.807, 2.05) is 26.0 Å². The fourth-order valence-electron chi connectivity index (χ4n) is 1.65. The molecule has 1 N–H and O–H groups in total. The van der Waals surface area contributed by atoms with Crippen LogP contribution in [0.4, 0.5) is 5.69 Å². The Morgan fingerprint density at radius 2 is 2.00 bits per heavy atom. The molecule has 0 bridgehead atoms. The van der Waals surface area contributed by atoms with Crippen LogP contribution >= 0.6 is 0 Å². The fourth-order valence-corrected chi connectivity index (χ4v) is 1.65. The molecule has 0 atom stereocenters. The van der Waals surface area contributed by atoms with Gasteiger partial charge in [0.25, 0.3) is 0 Å². The Kier molecular flexibility index (Phi) is 3.13. The van der Waals surface area contributed by atoms with Crippen molar-refractivity contribution in [1.29, 1.82) is 0 Å². The number of hydrogen-bond acceptors (Lipinski definition) is 4. The number of aromatic nitrogens is 4. The molecule has 2 rings (SSSR count). The number of carbonyl (C=O) groups excluding carboxylic acids is 1. The average molecular weight is 231 g/mol. The minimum absolute atomic E-state index is 0.111. The normalized spacial score (nSPS) is 10.2. The van der Waals surface area contributed by atoms with Crippen molar-refractivity contribution in [2.45, 2.75) is 20.4 Å². The van der Waals surface area contributed by atoms with Crippen molar-refractivity contribution in [1.82, 2.24) is 20.2 Å². The molecule has 0 aliphatic rings. The predicted octanol–water partition coefficient (Wildman–Crippen LogP) is 0.929. The second-order valence-electron chi connectivity index (χ2n) is 3.93. The van der Waals surface area contributed by atoms with Gasteiger partial charge in [-0.3, -0.25) is 4.79 Å². The fraction of sp³-hybridized carbons (Fsp3) is 0.273. The topological polar surface area (TPSA) is 72.7 Å². The average Bonchev–Trinajstić information content (AvgIpc) is 2.67. The van der Waals surface area contributed by atoms with Gasteiger partial charge >= 0.3 is 0 Å². The smallest absolute Gasteiger partial charge is 0.246 e. The van der Waals surface area contributed by atoms with E-state index in [2.05, 4.69) is 26.9 Å². The maximum Gasteiger partial charge on any atom is 0.246 e. The lowest BCUT2D eigenvalue weighted by atomic mass is 10.1. The monoisotopic (exact) mass is 231 g/mol. The largest absolute Gasteiger partial charge is 0.324 e. The Balaban J connectivity index is 2.03. The van der Waals surface area contributed by atoms with E-state index < -0.39 is 0 Å². The summed E-state index contributed by atoms with van der Waals surface area (Å²) in [5.41, 5.74) is 3.02. The van der Waals surface area contributed by atoms with Gasteiger partial charge in [-0.2, -0.15) is 0 Å². The maximum absolute atomic E-state index is 11.7. The quantitative estimate of drug-likeness (QED) is 0.852. The van der Waals surface area contributed by atoms with Gasteiger partial charge in [-0.05, 0) is 47.5 Å². The first-order valence-corrected chi connectivity index (χ1v) is 5.22. The van der Waals surface area contributed by atoms with Crippen molar-refractivity contribution >= 4 is 11.6 Å². The van der Waals surface area contributed by atoms with Gasteiger partial charge in [0.15, 0.2) is 0 Å². The number of amides is 1. The summed E-state index contributed by atoms with van der Waals surface area (Å²) in [6.07, 6.45) is 1.40. The highest BCUT2D eigenvalue weighted by molar-refractivity contribution is 5.90. The highest BCUT2D eigenvalue weighted by Crippen LogP contribution is 2.13. The molecule has 0 unspecified atom stereocenters. The number of benzene rings is 1. The molecule has 0 saturated heterocycles. The number of carbonyl (C=O) groups is 1. The highest BCUT2D eigenvalue weighted by atomic mass is 16.2. The van der Waals surface area contributed by atoms with Crippen LogP contribution in [0.25, 0.3) is 0 Å². The van der Waals surface area contributed by atoms with Crippen LogP contribution in [0.3, 0.4) is 0 Å². The maximum atomic E-state index is 11.7. The Morgan fingerprint density at radius 3 is 2.59 bits per heavy atom. The third kappa shape index (κ3) is 3.10. The van der Waals surface area contributed by atoms with Crippen LogP contribution in [0.15, 0.2) is 24.5 Å². The lowest BCUT2D eigenvalue weighted by Gasteiger charge is -2.07. The van der Waals surface area contributed by atoms with Crippen LogP contribution in [0.1, 0.15) is 11.1 Å². The van der Waals surface area contributed by atoms with Crippen molar-refractivity contribution in [3.8, 4) is 0 Å². The summed E-state index contributed by atoms with van der Waals surface area (Å²) in [5.74, 6) is -0.151. The van der Waals surface area contributed by atoms with Gasteiger partial charge in [0.1, 0.15) is 12.9 Å². The molecule has 2 aromatic rings. The van der Waals surface area contributed by atoms with Gasteiger partial charge < -0.3 is 5.32 Å². The van der Waals surface area contributed by atoms with Gasteiger partial charge in [-0.1, -0.05) is 6.07 Å². The van der Waals surface area contributed by atoms with Crippen LogP contribution in [-0.4, -0.2) is 26.1 Å². The van der Waals surface area contributed by atoms with E-state index in [0.29, 0.717) is 0 Å². The summed E-state index contributed by atoms with van der Waals surface area (Å²) in [7, 11) is 0. The van der Waals surface area contributed by atoms with Crippen molar-refractivity contribution < 1.29 is 4.79 Å². The van der Waals surface area contributed by atoms with Crippen molar-refractivity contribution in [3.05, 3.63) is 35.7 Å².